The molecule has 5 nitrogen and oxygen atoms in total. The SMILES string of the molecule is Cc1ccc(C[C@H]2CCN(C(=O)C=CCN3CCOCC3)C[C@H]2O)cc1. The number of likely N-dealkylation sites (tertiary alicyclic amines) is 1. The molecule has 0 unspecified atom stereocenters. The van der Waals surface area contributed by atoms with E-state index in [0.717, 1.165) is 45.7 Å². The van der Waals surface area contributed by atoms with Crippen LogP contribution >= 0.6 is 0 Å². The molecule has 0 spiro atoms. The number of rotatable bonds is 5. The number of carbonyl (C=O) groups is 1. The van der Waals surface area contributed by atoms with E-state index in [-0.39, 0.29) is 11.8 Å². The molecule has 2 saturated heterocycles. The minimum absolute atomic E-state index is 0.00564. The summed E-state index contributed by atoms with van der Waals surface area (Å²) in [7, 11) is 0. The second kappa shape index (κ2) is 9.31. The standard InChI is InChI=1S/C21H30N2O3/c1-17-4-6-18(7-5-17)15-19-8-10-23(16-20(19)24)21(25)3-2-9-22-11-13-26-14-12-22/h2-7,19-20,24H,8-16H2,1H3/t19-,20-/m1/s1. The van der Waals surface area contributed by atoms with Crippen molar-refractivity contribution >= 4 is 5.91 Å². The number of morpholine rings is 1. The Morgan fingerprint density at radius 1 is 1.23 bits per heavy atom. The van der Waals surface area contributed by atoms with Gasteiger partial charge in [0.25, 0.3) is 0 Å². The van der Waals surface area contributed by atoms with Gasteiger partial charge in [0, 0.05) is 38.8 Å². The van der Waals surface area contributed by atoms with Crippen molar-refractivity contribution in [3.8, 4) is 0 Å². The van der Waals surface area contributed by atoms with Crippen LogP contribution in [-0.2, 0) is 16.0 Å². The molecule has 3 rings (SSSR count). The average molecular weight is 358 g/mol. The third-order valence-electron chi connectivity index (χ3n) is 5.38. The lowest BCUT2D eigenvalue weighted by Gasteiger charge is -2.35. The molecule has 0 bridgehead atoms. The summed E-state index contributed by atoms with van der Waals surface area (Å²) in [5.41, 5.74) is 2.50. The van der Waals surface area contributed by atoms with E-state index in [4.69, 9.17) is 4.74 Å². The van der Waals surface area contributed by atoms with Crippen LogP contribution in [0.15, 0.2) is 36.4 Å². The Kier molecular flexibility index (Phi) is 6.83. The summed E-state index contributed by atoms with van der Waals surface area (Å²) in [6.07, 6.45) is 4.84. The highest BCUT2D eigenvalue weighted by Crippen LogP contribution is 2.22. The summed E-state index contributed by atoms with van der Waals surface area (Å²) < 4.78 is 5.32. The Bertz CT molecular complexity index is 608. The van der Waals surface area contributed by atoms with Gasteiger partial charge in [-0.15, -0.1) is 0 Å². The summed E-state index contributed by atoms with van der Waals surface area (Å²) >= 11 is 0. The third kappa shape index (κ3) is 5.40. The van der Waals surface area contributed by atoms with Gasteiger partial charge in [-0.1, -0.05) is 35.9 Å². The van der Waals surface area contributed by atoms with Gasteiger partial charge in [-0.05, 0) is 31.2 Å². The van der Waals surface area contributed by atoms with Crippen LogP contribution in [-0.4, -0.2) is 72.9 Å². The van der Waals surface area contributed by atoms with Gasteiger partial charge >= 0.3 is 0 Å². The van der Waals surface area contributed by atoms with Crippen LogP contribution in [0.25, 0.3) is 0 Å². The van der Waals surface area contributed by atoms with Crippen molar-refractivity contribution in [3.63, 3.8) is 0 Å². The molecule has 0 saturated carbocycles. The summed E-state index contributed by atoms with van der Waals surface area (Å²) in [4.78, 5) is 16.4. The molecule has 0 aromatic heterocycles. The van der Waals surface area contributed by atoms with E-state index in [0.29, 0.717) is 13.1 Å². The van der Waals surface area contributed by atoms with Crippen LogP contribution in [0.4, 0.5) is 0 Å². The topological polar surface area (TPSA) is 53.0 Å². The maximum Gasteiger partial charge on any atom is 0.246 e. The van der Waals surface area contributed by atoms with Crippen molar-refractivity contribution < 1.29 is 14.6 Å². The maximum absolute atomic E-state index is 12.4. The average Bonchev–Trinajstić information content (AvgIpc) is 2.66. The van der Waals surface area contributed by atoms with Gasteiger partial charge in [0.05, 0.1) is 19.3 Å². The largest absolute Gasteiger partial charge is 0.391 e. The predicted octanol–water partition coefficient (Wildman–Crippen LogP) is 1.64. The minimum atomic E-state index is -0.457. The Morgan fingerprint density at radius 2 is 1.96 bits per heavy atom. The Balaban J connectivity index is 1.44. The second-order valence-corrected chi connectivity index (χ2v) is 7.41. The first-order chi connectivity index (χ1) is 12.6. The number of hydrogen-bond donors (Lipinski definition) is 1. The fraction of sp³-hybridized carbons (Fsp3) is 0.571. The van der Waals surface area contributed by atoms with E-state index in [1.54, 1.807) is 11.0 Å². The molecule has 142 valence electrons. The molecule has 0 radical (unpaired) electrons. The number of aryl methyl sites for hydroxylation is 1. The van der Waals surface area contributed by atoms with Crippen molar-refractivity contribution in [2.75, 3.05) is 45.9 Å². The number of ether oxygens (including phenoxy) is 1. The Hall–Kier alpha value is -1.69. The number of benzene rings is 1. The minimum Gasteiger partial charge on any atom is -0.391 e. The second-order valence-electron chi connectivity index (χ2n) is 7.41. The molecule has 1 aromatic carbocycles. The maximum atomic E-state index is 12.4. The highest BCUT2D eigenvalue weighted by atomic mass is 16.5. The van der Waals surface area contributed by atoms with Crippen molar-refractivity contribution in [3.05, 3.63) is 47.5 Å². The quantitative estimate of drug-likeness (QED) is 0.813. The van der Waals surface area contributed by atoms with Gasteiger partial charge in [-0.25, -0.2) is 0 Å². The van der Waals surface area contributed by atoms with Gasteiger partial charge in [0.15, 0.2) is 0 Å². The number of carbonyl (C=O) groups excluding carboxylic acids is 1. The van der Waals surface area contributed by atoms with Crippen LogP contribution < -0.4 is 0 Å². The van der Waals surface area contributed by atoms with Gasteiger partial charge in [0.2, 0.25) is 5.91 Å². The lowest BCUT2D eigenvalue weighted by molar-refractivity contribution is -0.130. The van der Waals surface area contributed by atoms with E-state index < -0.39 is 6.10 Å². The summed E-state index contributed by atoms with van der Waals surface area (Å²) in [6, 6.07) is 8.49. The van der Waals surface area contributed by atoms with Crippen LogP contribution in [0.3, 0.4) is 0 Å². The number of aliphatic hydroxyl groups excluding tert-OH is 1. The van der Waals surface area contributed by atoms with Crippen LogP contribution in [0.2, 0.25) is 0 Å². The van der Waals surface area contributed by atoms with Crippen molar-refractivity contribution in [2.45, 2.75) is 25.9 Å². The van der Waals surface area contributed by atoms with E-state index in [1.165, 1.54) is 11.1 Å². The van der Waals surface area contributed by atoms with E-state index >= 15 is 0 Å². The first-order valence-corrected chi connectivity index (χ1v) is 9.61. The van der Waals surface area contributed by atoms with E-state index in [9.17, 15) is 9.90 Å². The fourth-order valence-electron chi connectivity index (χ4n) is 3.64. The highest BCUT2D eigenvalue weighted by Gasteiger charge is 2.29. The molecule has 2 atom stereocenters. The van der Waals surface area contributed by atoms with Gasteiger partial charge in [-0.3, -0.25) is 9.69 Å². The van der Waals surface area contributed by atoms with Crippen LogP contribution in [0.1, 0.15) is 17.5 Å². The molecule has 1 N–H and O–H groups in total. The number of β-amino-alcohol motifs (C(OH)–C–C–N with tert-alkyl or cyclic N) is 1. The molecule has 1 aromatic rings. The zero-order valence-electron chi connectivity index (χ0n) is 15.6. The molecule has 26 heavy (non-hydrogen) atoms. The zero-order valence-corrected chi connectivity index (χ0v) is 15.6. The van der Waals surface area contributed by atoms with Crippen molar-refractivity contribution in [2.24, 2.45) is 5.92 Å². The summed E-state index contributed by atoms with van der Waals surface area (Å²) in [5.74, 6) is 0.227. The van der Waals surface area contributed by atoms with Crippen LogP contribution in [0.5, 0.6) is 0 Å². The van der Waals surface area contributed by atoms with Crippen molar-refractivity contribution in [1.29, 1.82) is 0 Å². The number of nitrogens with zero attached hydrogens (tertiary/aromatic N) is 2. The molecular formula is C21H30N2O3. The number of aliphatic hydroxyl groups is 1. The predicted molar refractivity (Wildman–Crippen MR) is 102 cm³/mol. The van der Waals surface area contributed by atoms with E-state index in [1.807, 2.05) is 6.08 Å². The number of amides is 1. The lowest BCUT2D eigenvalue weighted by Crippen LogP contribution is -2.46. The van der Waals surface area contributed by atoms with Crippen molar-refractivity contribution in [1.82, 2.24) is 9.80 Å². The molecule has 5 heteroatoms. The number of hydrogen-bond acceptors (Lipinski definition) is 4. The van der Waals surface area contributed by atoms with E-state index in [2.05, 4.69) is 36.1 Å². The third-order valence-corrected chi connectivity index (χ3v) is 5.38. The number of piperidine rings is 1. The summed E-state index contributed by atoms with van der Waals surface area (Å²) in [6.45, 7) is 7.37. The molecule has 2 aliphatic rings. The molecule has 2 heterocycles. The summed E-state index contributed by atoms with van der Waals surface area (Å²) in [5, 5.41) is 10.5. The lowest BCUT2D eigenvalue weighted by atomic mass is 9.87. The molecule has 2 fully saturated rings. The van der Waals surface area contributed by atoms with Gasteiger partial charge < -0.3 is 14.7 Å². The molecule has 2 aliphatic heterocycles. The fourth-order valence-corrected chi connectivity index (χ4v) is 3.64. The Labute approximate surface area is 156 Å². The first-order valence-electron chi connectivity index (χ1n) is 9.61. The molecular weight excluding hydrogens is 328 g/mol. The van der Waals surface area contributed by atoms with Gasteiger partial charge in [0.1, 0.15) is 0 Å². The smallest absolute Gasteiger partial charge is 0.246 e. The Morgan fingerprint density at radius 3 is 2.65 bits per heavy atom. The van der Waals surface area contributed by atoms with Gasteiger partial charge in [-0.2, -0.15) is 0 Å². The first kappa shape index (κ1) is 19.1. The monoisotopic (exact) mass is 358 g/mol. The zero-order chi connectivity index (χ0) is 18.4. The normalized spacial score (nSPS) is 24.9. The molecule has 1 amide bonds. The highest BCUT2D eigenvalue weighted by molar-refractivity contribution is 5.87. The van der Waals surface area contributed by atoms with Crippen LogP contribution in [0, 0.1) is 12.8 Å². The molecule has 0 aliphatic carbocycles.